The van der Waals surface area contributed by atoms with Crippen molar-refractivity contribution in [1.82, 2.24) is 10.3 Å². The summed E-state index contributed by atoms with van der Waals surface area (Å²) in [6.45, 7) is 8.48. The van der Waals surface area contributed by atoms with Gasteiger partial charge in [0.15, 0.2) is 0 Å². The number of nitrogens with two attached hydrogens (primary N) is 1. The third kappa shape index (κ3) is 6.56. The predicted octanol–water partition coefficient (Wildman–Crippen LogP) is 2.71. The summed E-state index contributed by atoms with van der Waals surface area (Å²) in [6, 6.07) is 0.0457. The fourth-order valence-corrected chi connectivity index (χ4v) is 2.60. The van der Waals surface area contributed by atoms with E-state index >= 15 is 0 Å². The fourth-order valence-electron chi connectivity index (χ4n) is 1.78. The molecule has 0 spiro atoms. The molecule has 1 rings (SSSR count). The van der Waals surface area contributed by atoms with E-state index < -0.39 is 0 Å². The number of hydrogen-bond donors (Lipinski definition) is 2. The molecular weight excluding hydrogens is 305 g/mol. The zero-order chi connectivity index (χ0) is 13.0. The molecule has 19 heavy (non-hydrogen) atoms. The Balaban J connectivity index is 0. The summed E-state index contributed by atoms with van der Waals surface area (Å²) < 4.78 is 0. The molecule has 1 unspecified atom stereocenters. The molecule has 0 aromatic carbocycles. The highest BCUT2D eigenvalue weighted by molar-refractivity contribution is 7.13. The average molecular weight is 328 g/mol. The van der Waals surface area contributed by atoms with Gasteiger partial charge in [-0.05, 0) is 26.2 Å². The van der Waals surface area contributed by atoms with Crippen LogP contribution in [0.1, 0.15) is 40.6 Å². The molecule has 1 atom stereocenters. The Bertz CT molecular complexity index is 396. The van der Waals surface area contributed by atoms with Gasteiger partial charge in [0, 0.05) is 12.6 Å². The van der Waals surface area contributed by atoms with Gasteiger partial charge in [0.25, 0.3) is 5.91 Å². The van der Waals surface area contributed by atoms with Crippen LogP contribution in [0, 0.1) is 19.8 Å². The van der Waals surface area contributed by atoms with E-state index in [1.54, 1.807) is 0 Å². The summed E-state index contributed by atoms with van der Waals surface area (Å²) in [5.41, 5.74) is 6.46. The van der Waals surface area contributed by atoms with Crippen LogP contribution >= 0.6 is 36.2 Å². The van der Waals surface area contributed by atoms with Crippen LogP contribution in [0.4, 0.5) is 0 Å². The van der Waals surface area contributed by atoms with Crippen molar-refractivity contribution in [2.24, 2.45) is 11.7 Å². The van der Waals surface area contributed by atoms with Crippen molar-refractivity contribution in [2.75, 3.05) is 6.54 Å². The molecule has 0 saturated heterocycles. The van der Waals surface area contributed by atoms with Gasteiger partial charge in [-0.2, -0.15) is 0 Å². The Morgan fingerprint density at radius 1 is 1.37 bits per heavy atom. The summed E-state index contributed by atoms with van der Waals surface area (Å²) in [7, 11) is 0. The molecule has 3 N–H and O–H groups in total. The van der Waals surface area contributed by atoms with E-state index in [1.165, 1.54) is 11.3 Å². The smallest absolute Gasteiger partial charge is 0.263 e. The lowest BCUT2D eigenvalue weighted by atomic mass is 10.0. The SMILES string of the molecule is Cc1nc(C)c(C(=O)NC(CN)CC(C)C)s1.Cl.Cl. The number of nitrogens with zero attached hydrogens (tertiary/aromatic N) is 1. The first-order valence-corrected chi connectivity index (χ1v) is 6.70. The number of halogens is 2. The largest absolute Gasteiger partial charge is 0.347 e. The molecule has 0 aliphatic heterocycles. The molecule has 4 nitrogen and oxygen atoms in total. The highest BCUT2D eigenvalue weighted by atomic mass is 35.5. The van der Waals surface area contributed by atoms with Crippen molar-refractivity contribution in [2.45, 2.75) is 40.2 Å². The Kier molecular flexibility index (Phi) is 10.5. The molecule has 1 amide bonds. The monoisotopic (exact) mass is 327 g/mol. The van der Waals surface area contributed by atoms with Gasteiger partial charge in [0.2, 0.25) is 0 Å². The van der Waals surface area contributed by atoms with Crippen LogP contribution in [0.3, 0.4) is 0 Å². The van der Waals surface area contributed by atoms with Crippen molar-refractivity contribution in [3.63, 3.8) is 0 Å². The Morgan fingerprint density at radius 2 is 1.95 bits per heavy atom. The summed E-state index contributed by atoms with van der Waals surface area (Å²) in [5, 5.41) is 3.89. The first kappa shape index (κ1) is 20.9. The van der Waals surface area contributed by atoms with Gasteiger partial charge < -0.3 is 11.1 Å². The summed E-state index contributed by atoms with van der Waals surface area (Å²) >= 11 is 1.43. The van der Waals surface area contributed by atoms with Gasteiger partial charge >= 0.3 is 0 Å². The Labute approximate surface area is 131 Å². The zero-order valence-corrected chi connectivity index (χ0v) is 14.2. The number of nitrogens with one attached hydrogen (secondary N) is 1. The van der Waals surface area contributed by atoms with E-state index in [2.05, 4.69) is 24.1 Å². The third-order valence-corrected chi connectivity index (χ3v) is 3.56. The van der Waals surface area contributed by atoms with Crippen molar-refractivity contribution in [3.05, 3.63) is 15.6 Å². The lowest BCUT2D eigenvalue weighted by molar-refractivity contribution is 0.0937. The van der Waals surface area contributed by atoms with Gasteiger partial charge in [0.1, 0.15) is 4.88 Å². The number of carbonyl (C=O) groups is 1. The molecule has 112 valence electrons. The maximum absolute atomic E-state index is 12.0. The highest BCUT2D eigenvalue weighted by Gasteiger charge is 2.17. The van der Waals surface area contributed by atoms with Crippen LogP contribution in [0.2, 0.25) is 0 Å². The minimum absolute atomic E-state index is 0. The molecule has 0 aliphatic rings. The maximum Gasteiger partial charge on any atom is 0.263 e. The molecule has 7 heteroatoms. The second kappa shape index (κ2) is 9.53. The lowest BCUT2D eigenvalue weighted by Gasteiger charge is -2.18. The van der Waals surface area contributed by atoms with Crippen LogP contribution in [0.5, 0.6) is 0 Å². The second-order valence-electron chi connectivity index (χ2n) is 4.68. The first-order valence-electron chi connectivity index (χ1n) is 5.89. The quantitative estimate of drug-likeness (QED) is 0.873. The van der Waals surface area contributed by atoms with Crippen molar-refractivity contribution in [1.29, 1.82) is 0 Å². The van der Waals surface area contributed by atoms with Crippen molar-refractivity contribution < 1.29 is 4.79 Å². The molecule has 0 fully saturated rings. The van der Waals surface area contributed by atoms with Gasteiger partial charge in [-0.25, -0.2) is 4.98 Å². The van der Waals surface area contributed by atoms with Gasteiger partial charge in [-0.1, -0.05) is 13.8 Å². The first-order chi connectivity index (χ1) is 7.93. The topological polar surface area (TPSA) is 68.0 Å². The van der Waals surface area contributed by atoms with Crippen LogP contribution in [-0.2, 0) is 0 Å². The molecule has 0 saturated carbocycles. The van der Waals surface area contributed by atoms with Crippen molar-refractivity contribution >= 4 is 42.1 Å². The molecule has 0 aliphatic carbocycles. The molecule has 0 radical (unpaired) electrons. The zero-order valence-electron chi connectivity index (χ0n) is 11.7. The fraction of sp³-hybridized carbons (Fsp3) is 0.667. The standard InChI is InChI=1S/C12H21N3OS.2ClH/c1-7(2)5-10(6-13)15-12(16)11-8(3)14-9(4)17-11;;/h7,10H,5-6,13H2,1-4H3,(H,15,16);2*1H. The number of thiazole rings is 1. The minimum atomic E-state index is -0.0517. The van der Waals surface area contributed by atoms with E-state index in [-0.39, 0.29) is 36.8 Å². The Hall–Kier alpha value is -0.360. The van der Waals surface area contributed by atoms with Gasteiger partial charge in [-0.15, -0.1) is 36.2 Å². The second-order valence-corrected chi connectivity index (χ2v) is 5.89. The number of aryl methyl sites for hydroxylation is 2. The van der Waals surface area contributed by atoms with Crippen molar-refractivity contribution in [3.8, 4) is 0 Å². The number of hydrogen-bond acceptors (Lipinski definition) is 4. The van der Waals surface area contributed by atoms with E-state index in [4.69, 9.17) is 5.73 Å². The molecular formula is C12H23Cl2N3OS. The van der Waals surface area contributed by atoms with E-state index in [0.29, 0.717) is 17.3 Å². The lowest BCUT2D eigenvalue weighted by Crippen LogP contribution is -2.41. The number of carbonyl (C=O) groups excluding carboxylic acids is 1. The summed E-state index contributed by atoms with van der Waals surface area (Å²) in [4.78, 5) is 17.0. The maximum atomic E-state index is 12.0. The van der Waals surface area contributed by atoms with E-state index in [9.17, 15) is 4.79 Å². The molecule has 1 aromatic heterocycles. The molecule has 1 aromatic rings. The average Bonchev–Trinajstić information content (AvgIpc) is 2.56. The number of rotatable bonds is 5. The van der Waals surface area contributed by atoms with E-state index in [0.717, 1.165) is 17.1 Å². The Morgan fingerprint density at radius 3 is 2.32 bits per heavy atom. The van der Waals surface area contributed by atoms with E-state index in [1.807, 2.05) is 13.8 Å². The number of aromatic nitrogens is 1. The van der Waals surface area contributed by atoms with Gasteiger partial charge in [0.05, 0.1) is 10.7 Å². The number of amides is 1. The van der Waals surface area contributed by atoms with Crippen LogP contribution in [0.25, 0.3) is 0 Å². The van der Waals surface area contributed by atoms with Crippen LogP contribution in [-0.4, -0.2) is 23.5 Å². The summed E-state index contributed by atoms with van der Waals surface area (Å²) in [5.74, 6) is 0.470. The third-order valence-electron chi connectivity index (χ3n) is 2.49. The molecule has 0 bridgehead atoms. The summed E-state index contributed by atoms with van der Waals surface area (Å²) in [6.07, 6.45) is 0.902. The highest BCUT2D eigenvalue weighted by Crippen LogP contribution is 2.17. The van der Waals surface area contributed by atoms with Crippen LogP contribution in [0.15, 0.2) is 0 Å². The minimum Gasteiger partial charge on any atom is -0.347 e. The van der Waals surface area contributed by atoms with Crippen LogP contribution < -0.4 is 11.1 Å². The predicted molar refractivity (Wildman–Crippen MR) is 85.8 cm³/mol. The molecule has 1 heterocycles. The van der Waals surface area contributed by atoms with Gasteiger partial charge in [-0.3, -0.25) is 4.79 Å². The normalized spacial score (nSPS) is 11.5.